The van der Waals surface area contributed by atoms with Gasteiger partial charge in [-0.15, -0.1) is 0 Å². The molecule has 0 spiro atoms. The Balaban J connectivity index is 1.14. The molecule has 2 aliphatic rings. The second-order valence-corrected chi connectivity index (χ2v) is 12.6. The van der Waals surface area contributed by atoms with Crippen molar-refractivity contribution in [3.63, 3.8) is 0 Å². The molecule has 47 heavy (non-hydrogen) atoms. The van der Waals surface area contributed by atoms with Gasteiger partial charge < -0.3 is 19.7 Å². The highest BCUT2D eigenvalue weighted by atomic mass is 32.2. The first-order chi connectivity index (χ1) is 23.1. The number of nitrogens with one attached hydrogen (secondary N) is 1. The van der Waals surface area contributed by atoms with Crippen LogP contribution in [0.15, 0.2) is 107 Å². The first-order valence-corrected chi connectivity index (χ1v) is 16.5. The summed E-state index contributed by atoms with van der Waals surface area (Å²) in [5, 5.41) is 3.61. The zero-order valence-corrected chi connectivity index (χ0v) is 26.8. The number of benzene rings is 3. The summed E-state index contributed by atoms with van der Waals surface area (Å²) < 4.78 is 11.4. The molecule has 5 aromatic rings. The Bertz CT molecular complexity index is 1900. The number of hydrogen-bond acceptors (Lipinski definition) is 8. The molecule has 3 aromatic carbocycles. The molecule has 0 saturated carbocycles. The number of morpholine rings is 1. The molecule has 1 fully saturated rings. The summed E-state index contributed by atoms with van der Waals surface area (Å²) in [7, 11) is 0. The summed E-state index contributed by atoms with van der Waals surface area (Å²) in [6.07, 6.45) is 3.84. The van der Waals surface area contributed by atoms with Gasteiger partial charge in [0, 0.05) is 48.4 Å². The molecule has 1 N–H and O–H groups in total. The molecule has 7 rings (SSSR count). The van der Waals surface area contributed by atoms with Crippen molar-refractivity contribution >= 4 is 30.0 Å². The van der Waals surface area contributed by atoms with Gasteiger partial charge in [-0.05, 0) is 81.8 Å². The summed E-state index contributed by atoms with van der Waals surface area (Å²) in [5.41, 5.74) is 9.14. The molecule has 0 atom stereocenters. The predicted molar refractivity (Wildman–Crippen MR) is 183 cm³/mol. The summed E-state index contributed by atoms with van der Waals surface area (Å²) in [6.45, 7) is 5.46. The number of carbonyl (C=O) groups excluding carboxylic acids is 2. The van der Waals surface area contributed by atoms with Crippen LogP contribution in [-0.2, 0) is 16.0 Å². The van der Waals surface area contributed by atoms with Crippen molar-refractivity contribution in [1.82, 2.24) is 15.3 Å². The molecule has 8 nitrogen and oxygen atoms in total. The number of aryl methyl sites for hydroxylation is 1. The lowest BCUT2D eigenvalue weighted by atomic mass is 9.98. The SMILES string of the molecule is Cc1cc(-c2ccnc(N3CCOCC3)c2)cc(CNC(=O)OCC2c3ccccc3-c3ccccc32)c1Sc1ncccc1C=O. The summed E-state index contributed by atoms with van der Waals surface area (Å²) in [5.74, 6) is 0.882. The number of nitrogens with zero attached hydrogens (tertiary/aromatic N) is 3. The summed E-state index contributed by atoms with van der Waals surface area (Å²) in [6, 6.07) is 28.4. The van der Waals surface area contributed by atoms with E-state index < -0.39 is 6.09 Å². The fourth-order valence-electron chi connectivity index (χ4n) is 6.35. The monoisotopic (exact) mass is 642 g/mol. The maximum atomic E-state index is 13.2. The van der Waals surface area contributed by atoms with Crippen molar-refractivity contribution < 1.29 is 19.1 Å². The van der Waals surface area contributed by atoms with Gasteiger partial charge in [-0.2, -0.15) is 0 Å². The van der Waals surface area contributed by atoms with E-state index in [9.17, 15) is 9.59 Å². The van der Waals surface area contributed by atoms with Gasteiger partial charge in [-0.3, -0.25) is 4.79 Å². The average Bonchev–Trinajstić information content (AvgIpc) is 3.45. The fraction of sp³-hybridized carbons (Fsp3) is 0.211. The molecule has 0 unspecified atom stereocenters. The van der Waals surface area contributed by atoms with Crippen LogP contribution < -0.4 is 10.2 Å². The van der Waals surface area contributed by atoms with Crippen LogP contribution in [0.5, 0.6) is 0 Å². The zero-order chi connectivity index (χ0) is 32.2. The minimum Gasteiger partial charge on any atom is -0.449 e. The molecule has 3 heterocycles. The number of pyridine rings is 2. The normalized spacial score (nSPS) is 13.9. The topological polar surface area (TPSA) is 93.7 Å². The van der Waals surface area contributed by atoms with Crippen LogP contribution in [-0.4, -0.2) is 55.3 Å². The van der Waals surface area contributed by atoms with Crippen LogP contribution in [0, 0.1) is 6.92 Å². The van der Waals surface area contributed by atoms with Gasteiger partial charge in [-0.1, -0.05) is 66.4 Å². The molecule has 2 aromatic heterocycles. The second kappa shape index (κ2) is 13.8. The van der Waals surface area contributed by atoms with E-state index in [-0.39, 0.29) is 19.1 Å². The van der Waals surface area contributed by atoms with Crippen LogP contribution in [0.2, 0.25) is 0 Å². The highest BCUT2D eigenvalue weighted by molar-refractivity contribution is 7.99. The number of aldehydes is 1. The third-order valence-corrected chi connectivity index (χ3v) is 9.98. The van der Waals surface area contributed by atoms with Crippen LogP contribution in [0.4, 0.5) is 10.6 Å². The van der Waals surface area contributed by atoms with E-state index in [1.54, 1.807) is 18.3 Å². The maximum Gasteiger partial charge on any atom is 0.407 e. The van der Waals surface area contributed by atoms with Crippen LogP contribution >= 0.6 is 11.8 Å². The highest BCUT2D eigenvalue weighted by Crippen LogP contribution is 2.44. The van der Waals surface area contributed by atoms with Crippen molar-refractivity contribution in [3.05, 3.63) is 125 Å². The second-order valence-electron chi connectivity index (χ2n) is 11.6. The molecule has 0 radical (unpaired) electrons. The number of hydrogen-bond donors (Lipinski definition) is 1. The minimum atomic E-state index is -0.490. The number of rotatable bonds is 9. The quantitative estimate of drug-likeness (QED) is 0.168. The Morgan fingerprint density at radius 3 is 2.43 bits per heavy atom. The Morgan fingerprint density at radius 1 is 0.936 bits per heavy atom. The van der Waals surface area contributed by atoms with Gasteiger partial charge in [0.15, 0.2) is 6.29 Å². The maximum absolute atomic E-state index is 13.2. The predicted octanol–water partition coefficient (Wildman–Crippen LogP) is 7.29. The molecule has 1 saturated heterocycles. The lowest BCUT2D eigenvalue weighted by molar-refractivity contribution is 0.112. The van der Waals surface area contributed by atoms with Crippen LogP contribution in [0.3, 0.4) is 0 Å². The Kier molecular flexibility index (Phi) is 8.99. The van der Waals surface area contributed by atoms with E-state index >= 15 is 0 Å². The number of amides is 1. The molecule has 0 bridgehead atoms. The number of ether oxygens (including phenoxy) is 2. The molecule has 1 amide bonds. The van der Waals surface area contributed by atoms with Crippen molar-refractivity contribution in [2.24, 2.45) is 0 Å². The summed E-state index contributed by atoms with van der Waals surface area (Å²) in [4.78, 5) is 37.2. The Hall–Kier alpha value is -4.99. The number of carbonyl (C=O) groups is 2. The van der Waals surface area contributed by atoms with Gasteiger partial charge >= 0.3 is 6.09 Å². The molecule has 236 valence electrons. The van der Waals surface area contributed by atoms with E-state index in [4.69, 9.17) is 9.47 Å². The fourth-order valence-corrected chi connectivity index (χ4v) is 7.37. The Morgan fingerprint density at radius 2 is 1.68 bits per heavy atom. The molecular weight excluding hydrogens is 609 g/mol. The first kappa shape index (κ1) is 30.7. The Labute approximate surface area is 278 Å². The highest BCUT2D eigenvalue weighted by Gasteiger charge is 2.29. The smallest absolute Gasteiger partial charge is 0.407 e. The lowest BCUT2D eigenvalue weighted by Crippen LogP contribution is -2.36. The van der Waals surface area contributed by atoms with E-state index in [1.165, 1.54) is 34.0 Å². The molecule has 9 heteroatoms. The minimum absolute atomic E-state index is 0.0249. The third kappa shape index (κ3) is 6.50. The number of aromatic nitrogens is 2. The van der Waals surface area contributed by atoms with Crippen molar-refractivity contribution in [2.75, 3.05) is 37.8 Å². The van der Waals surface area contributed by atoms with E-state index in [0.29, 0.717) is 23.8 Å². The standard InChI is InChI=1S/C38H34N4O4S/c1-25-19-28(26-12-14-39-35(21-26)42-15-17-45-18-16-42)20-29(36(25)47-37-27(23-43)7-6-13-40-37)22-41-38(44)46-24-34-32-10-4-2-8-30(32)31-9-3-5-11-33(31)34/h2-14,19-21,23,34H,15-18,22,24H2,1H3,(H,41,44). The van der Waals surface area contributed by atoms with Gasteiger partial charge in [0.05, 0.1) is 13.2 Å². The largest absolute Gasteiger partial charge is 0.449 e. The molecular formula is C38H34N4O4S. The average molecular weight is 643 g/mol. The first-order valence-electron chi connectivity index (χ1n) is 15.7. The third-order valence-electron chi connectivity index (χ3n) is 8.66. The van der Waals surface area contributed by atoms with Crippen molar-refractivity contribution in [3.8, 4) is 22.3 Å². The van der Waals surface area contributed by atoms with Crippen LogP contribution in [0.25, 0.3) is 22.3 Å². The van der Waals surface area contributed by atoms with Crippen molar-refractivity contribution in [2.45, 2.75) is 29.3 Å². The van der Waals surface area contributed by atoms with Gasteiger partial charge in [0.1, 0.15) is 17.5 Å². The van der Waals surface area contributed by atoms with Crippen LogP contribution in [0.1, 0.15) is 38.5 Å². The van der Waals surface area contributed by atoms with Crippen molar-refractivity contribution in [1.29, 1.82) is 0 Å². The lowest BCUT2D eigenvalue weighted by Gasteiger charge is -2.28. The van der Waals surface area contributed by atoms with E-state index in [0.717, 1.165) is 52.3 Å². The zero-order valence-electron chi connectivity index (χ0n) is 26.0. The number of fused-ring (bicyclic) bond motifs is 3. The number of alkyl carbamates (subject to hydrolysis) is 1. The summed E-state index contributed by atoms with van der Waals surface area (Å²) >= 11 is 1.42. The van der Waals surface area contributed by atoms with Gasteiger partial charge in [0.25, 0.3) is 0 Å². The van der Waals surface area contributed by atoms with Gasteiger partial charge in [0.2, 0.25) is 0 Å². The van der Waals surface area contributed by atoms with Gasteiger partial charge in [-0.25, -0.2) is 14.8 Å². The number of anilines is 1. The molecule has 1 aliphatic carbocycles. The molecule has 1 aliphatic heterocycles. The van der Waals surface area contributed by atoms with E-state index in [1.807, 2.05) is 43.5 Å². The van der Waals surface area contributed by atoms with E-state index in [2.05, 4.69) is 62.6 Å².